The number of nitrogens with zero attached hydrogens (tertiary/aromatic N) is 2. The van der Waals surface area contributed by atoms with E-state index >= 15 is 0 Å². The summed E-state index contributed by atoms with van der Waals surface area (Å²) < 4.78 is 10.5. The third-order valence-corrected chi connectivity index (χ3v) is 2.61. The summed E-state index contributed by atoms with van der Waals surface area (Å²) in [5.41, 5.74) is 1.84. The summed E-state index contributed by atoms with van der Waals surface area (Å²) in [6.45, 7) is 2.36. The fourth-order valence-electron chi connectivity index (χ4n) is 1.33. The van der Waals surface area contributed by atoms with Crippen molar-refractivity contribution in [2.75, 3.05) is 31.7 Å². The highest BCUT2D eigenvalue weighted by atomic mass is 32.1. The second-order valence-electron chi connectivity index (χ2n) is 2.83. The Hall–Kier alpha value is -0.650. The molecule has 1 unspecified atom stereocenters. The molecule has 1 aliphatic rings. The van der Waals surface area contributed by atoms with E-state index < -0.39 is 0 Å². The molecule has 0 saturated carbocycles. The van der Waals surface area contributed by atoms with E-state index in [-0.39, 0.29) is 6.29 Å². The van der Waals surface area contributed by atoms with Crippen molar-refractivity contribution >= 4 is 17.2 Å². The number of thiazole rings is 1. The predicted molar refractivity (Wildman–Crippen MR) is 51.1 cm³/mol. The summed E-state index contributed by atoms with van der Waals surface area (Å²) in [6, 6.07) is 0. The van der Waals surface area contributed by atoms with Crippen molar-refractivity contribution in [2.45, 2.75) is 6.29 Å². The number of anilines is 1. The average molecular weight is 200 g/mol. The third kappa shape index (κ3) is 1.99. The van der Waals surface area contributed by atoms with E-state index in [0.717, 1.165) is 18.9 Å². The smallest absolute Gasteiger partial charge is 0.174 e. The molecule has 1 saturated heterocycles. The summed E-state index contributed by atoms with van der Waals surface area (Å²) in [4.78, 5) is 6.42. The van der Waals surface area contributed by atoms with Crippen LogP contribution in [0.5, 0.6) is 0 Å². The van der Waals surface area contributed by atoms with Crippen LogP contribution in [0, 0.1) is 0 Å². The quantitative estimate of drug-likeness (QED) is 0.712. The standard InChI is InChI=1S/C8H12N2O2S/c1-11-8-4-10(2-3-12-8)7-5-13-6-9-7/h5-6,8H,2-4H2,1H3. The van der Waals surface area contributed by atoms with Crippen molar-refractivity contribution < 1.29 is 9.47 Å². The van der Waals surface area contributed by atoms with Gasteiger partial charge < -0.3 is 14.4 Å². The lowest BCUT2D eigenvalue weighted by Crippen LogP contribution is -2.43. The molecule has 0 aromatic carbocycles. The maximum absolute atomic E-state index is 5.37. The Morgan fingerprint density at radius 3 is 3.38 bits per heavy atom. The van der Waals surface area contributed by atoms with Gasteiger partial charge in [-0.15, -0.1) is 11.3 Å². The molecule has 0 radical (unpaired) electrons. The molecule has 0 aliphatic carbocycles. The topological polar surface area (TPSA) is 34.6 Å². The van der Waals surface area contributed by atoms with Crippen LogP contribution < -0.4 is 4.90 Å². The molecule has 1 fully saturated rings. The largest absolute Gasteiger partial charge is 0.354 e. The second kappa shape index (κ2) is 4.04. The molecule has 5 heteroatoms. The van der Waals surface area contributed by atoms with Gasteiger partial charge in [-0.1, -0.05) is 0 Å². The van der Waals surface area contributed by atoms with Crippen LogP contribution in [0.25, 0.3) is 0 Å². The molecule has 1 aromatic heterocycles. The van der Waals surface area contributed by atoms with Gasteiger partial charge in [0.1, 0.15) is 5.82 Å². The van der Waals surface area contributed by atoms with E-state index in [1.54, 1.807) is 18.4 Å². The number of hydrogen-bond donors (Lipinski definition) is 0. The minimum absolute atomic E-state index is 0.115. The number of aromatic nitrogens is 1. The lowest BCUT2D eigenvalue weighted by Gasteiger charge is -2.31. The summed E-state index contributed by atoms with van der Waals surface area (Å²) in [5, 5.41) is 2.04. The third-order valence-electron chi connectivity index (χ3n) is 2.04. The van der Waals surface area contributed by atoms with Crippen LogP contribution in [0.4, 0.5) is 5.82 Å². The molecular weight excluding hydrogens is 188 g/mol. The Kier molecular flexibility index (Phi) is 2.77. The highest BCUT2D eigenvalue weighted by Gasteiger charge is 2.20. The van der Waals surface area contributed by atoms with Gasteiger partial charge in [-0.3, -0.25) is 0 Å². The van der Waals surface area contributed by atoms with E-state index in [4.69, 9.17) is 9.47 Å². The summed E-state index contributed by atoms with van der Waals surface area (Å²) >= 11 is 1.61. The lowest BCUT2D eigenvalue weighted by molar-refractivity contribution is -0.128. The van der Waals surface area contributed by atoms with Gasteiger partial charge in [0.05, 0.1) is 18.7 Å². The molecule has 1 atom stereocenters. The first-order valence-electron chi connectivity index (χ1n) is 4.17. The molecule has 2 rings (SSSR count). The number of hydrogen-bond acceptors (Lipinski definition) is 5. The zero-order valence-electron chi connectivity index (χ0n) is 7.47. The first kappa shape index (κ1) is 8.93. The number of rotatable bonds is 2. The molecule has 1 aromatic rings. The van der Waals surface area contributed by atoms with Gasteiger partial charge in [0, 0.05) is 19.0 Å². The van der Waals surface area contributed by atoms with E-state index in [1.807, 2.05) is 10.9 Å². The molecule has 72 valence electrons. The van der Waals surface area contributed by atoms with Crippen molar-refractivity contribution in [3.63, 3.8) is 0 Å². The molecule has 4 nitrogen and oxygen atoms in total. The van der Waals surface area contributed by atoms with Gasteiger partial charge >= 0.3 is 0 Å². The van der Waals surface area contributed by atoms with Gasteiger partial charge in [0.15, 0.2) is 6.29 Å². The van der Waals surface area contributed by atoms with Gasteiger partial charge in [-0.25, -0.2) is 4.98 Å². The van der Waals surface area contributed by atoms with Crippen molar-refractivity contribution in [1.29, 1.82) is 0 Å². The number of ether oxygens (including phenoxy) is 2. The normalized spacial score (nSPS) is 23.5. The molecule has 13 heavy (non-hydrogen) atoms. The summed E-state index contributed by atoms with van der Waals surface area (Å²) in [5.74, 6) is 1.02. The molecule has 0 bridgehead atoms. The lowest BCUT2D eigenvalue weighted by atomic mass is 10.4. The average Bonchev–Trinajstić information content (AvgIpc) is 2.71. The SMILES string of the molecule is COC1CN(c2cscn2)CCO1. The van der Waals surface area contributed by atoms with E-state index in [1.165, 1.54) is 0 Å². The first-order chi connectivity index (χ1) is 6.40. The van der Waals surface area contributed by atoms with Crippen molar-refractivity contribution in [3.05, 3.63) is 10.9 Å². The Labute approximate surface area is 81.1 Å². The zero-order chi connectivity index (χ0) is 9.10. The second-order valence-corrected chi connectivity index (χ2v) is 3.55. The predicted octanol–water partition coefficient (Wildman–Crippen LogP) is 0.952. The number of morpholine rings is 1. The van der Waals surface area contributed by atoms with Gasteiger partial charge in [0.25, 0.3) is 0 Å². The molecule has 0 N–H and O–H groups in total. The van der Waals surface area contributed by atoms with Crippen LogP contribution in [0.2, 0.25) is 0 Å². The van der Waals surface area contributed by atoms with Crippen molar-refractivity contribution in [1.82, 2.24) is 4.98 Å². The Morgan fingerprint density at radius 1 is 1.77 bits per heavy atom. The number of methoxy groups -OCH3 is 1. The maximum Gasteiger partial charge on any atom is 0.174 e. The zero-order valence-corrected chi connectivity index (χ0v) is 8.29. The van der Waals surface area contributed by atoms with Crippen LogP contribution in [-0.2, 0) is 9.47 Å². The van der Waals surface area contributed by atoms with Gasteiger partial charge in [-0.2, -0.15) is 0 Å². The van der Waals surface area contributed by atoms with Crippen LogP contribution in [0.1, 0.15) is 0 Å². The van der Waals surface area contributed by atoms with Crippen molar-refractivity contribution in [3.8, 4) is 0 Å². The molecule has 1 aliphatic heterocycles. The molecular formula is C8H12N2O2S. The highest BCUT2D eigenvalue weighted by Crippen LogP contribution is 2.17. The minimum Gasteiger partial charge on any atom is -0.354 e. The van der Waals surface area contributed by atoms with E-state index in [2.05, 4.69) is 9.88 Å². The molecule has 0 amide bonds. The first-order valence-corrected chi connectivity index (χ1v) is 5.12. The fourth-order valence-corrected chi connectivity index (χ4v) is 1.89. The van der Waals surface area contributed by atoms with Crippen LogP contribution >= 0.6 is 11.3 Å². The van der Waals surface area contributed by atoms with Gasteiger partial charge in [0.2, 0.25) is 0 Å². The Bertz CT molecular complexity index is 253. The fraction of sp³-hybridized carbons (Fsp3) is 0.625. The van der Waals surface area contributed by atoms with Gasteiger partial charge in [-0.05, 0) is 0 Å². The van der Waals surface area contributed by atoms with E-state index in [9.17, 15) is 0 Å². The monoisotopic (exact) mass is 200 g/mol. The van der Waals surface area contributed by atoms with E-state index in [0.29, 0.717) is 6.61 Å². The molecule has 0 spiro atoms. The van der Waals surface area contributed by atoms with Crippen LogP contribution in [0.3, 0.4) is 0 Å². The Morgan fingerprint density at radius 2 is 2.69 bits per heavy atom. The highest BCUT2D eigenvalue weighted by molar-refractivity contribution is 7.07. The van der Waals surface area contributed by atoms with Crippen molar-refractivity contribution in [2.24, 2.45) is 0 Å². The van der Waals surface area contributed by atoms with Crippen LogP contribution in [-0.4, -0.2) is 38.1 Å². The minimum atomic E-state index is -0.115. The maximum atomic E-state index is 5.37. The Balaban J connectivity index is 2.00. The summed E-state index contributed by atoms with van der Waals surface area (Å²) in [7, 11) is 1.66. The molecule has 2 heterocycles. The summed E-state index contributed by atoms with van der Waals surface area (Å²) in [6.07, 6.45) is -0.115. The van der Waals surface area contributed by atoms with Crippen LogP contribution in [0.15, 0.2) is 10.9 Å².